The monoisotopic (exact) mass is 442 g/mol. The summed E-state index contributed by atoms with van der Waals surface area (Å²) in [6.45, 7) is 0. The van der Waals surface area contributed by atoms with Gasteiger partial charge in [0.1, 0.15) is 5.75 Å². The van der Waals surface area contributed by atoms with E-state index in [-0.39, 0.29) is 18.7 Å². The summed E-state index contributed by atoms with van der Waals surface area (Å²) >= 11 is 0. The molecule has 0 atom stereocenters. The van der Waals surface area contributed by atoms with Crippen LogP contribution in [-0.4, -0.2) is 37.6 Å². The zero-order chi connectivity index (χ0) is 22.4. The molecule has 31 heavy (non-hydrogen) atoms. The van der Waals surface area contributed by atoms with Gasteiger partial charge >= 0.3 is 0 Å². The van der Waals surface area contributed by atoms with Gasteiger partial charge in [0.2, 0.25) is 5.91 Å². The third kappa shape index (κ3) is 6.03. The molecule has 0 aromatic heterocycles. The number of methoxy groups -OCH3 is 1. The number of hydrogen-bond acceptors (Lipinski definition) is 5. The lowest BCUT2D eigenvalue weighted by atomic mass is 10.0. The lowest BCUT2D eigenvalue weighted by molar-refractivity contribution is -0.116. The minimum Gasteiger partial charge on any atom is -0.495 e. The Morgan fingerprint density at radius 3 is 2.39 bits per heavy atom. The summed E-state index contributed by atoms with van der Waals surface area (Å²) in [5, 5.41) is 7.20. The Labute approximate surface area is 180 Å². The van der Waals surface area contributed by atoms with E-state index in [0.29, 0.717) is 22.7 Å². The number of amides is 2. The second-order valence-electron chi connectivity index (χ2n) is 6.84. The lowest BCUT2D eigenvalue weighted by Crippen LogP contribution is -2.15. The summed E-state index contributed by atoms with van der Waals surface area (Å²) in [5.41, 5.74) is 1.29. The van der Waals surface area contributed by atoms with Crippen LogP contribution in [0.2, 0.25) is 0 Å². The van der Waals surface area contributed by atoms with Gasteiger partial charge in [-0.05, 0) is 36.1 Å². The summed E-state index contributed by atoms with van der Waals surface area (Å²) in [6.07, 6.45) is -0.0620. The first kappa shape index (κ1) is 22.3. The lowest BCUT2D eigenvalue weighted by Gasteiger charge is -2.13. The van der Waals surface area contributed by atoms with Gasteiger partial charge in [0.15, 0.2) is 0 Å². The molecule has 2 amide bonds. The van der Waals surface area contributed by atoms with Crippen molar-refractivity contribution in [1.82, 2.24) is 0 Å². The van der Waals surface area contributed by atoms with E-state index < -0.39 is 21.8 Å². The van der Waals surface area contributed by atoms with Crippen molar-refractivity contribution in [3.63, 3.8) is 0 Å². The van der Waals surface area contributed by atoms with Crippen molar-refractivity contribution in [1.29, 1.82) is 0 Å². The van der Waals surface area contributed by atoms with Crippen LogP contribution in [0.3, 0.4) is 0 Å². The highest BCUT2D eigenvalue weighted by molar-refractivity contribution is 7.85. The molecule has 8 nitrogen and oxygen atoms in total. The van der Waals surface area contributed by atoms with Crippen molar-refractivity contribution in [2.75, 3.05) is 23.5 Å². The molecule has 9 heteroatoms. The molecule has 0 aliphatic rings. The van der Waals surface area contributed by atoms with Crippen molar-refractivity contribution in [3.8, 4) is 5.75 Å². The van der Waals surface area contributed by atoms with Gasteiger partial charge in [-0.3, -0.25) is 14.1 Å². The summed E-state index contributed by atoms with van der Waals surface area (Å²) < 4.78 is 35.7. The largest absolute Gasteiger partial charge is 0.495 e. The number of anilines is 2. The van der Waals surface area contributed by atoms with Crippen molar-refractivity contribution in [3.05, 3.63) is 66.2 Å². The van der Waals surface area contributed by atoms with E-state index in [1.807, 2.05) is 30.3 Å². The molecular weight excluding hydrogens is 420 g/mol. The number of fused-ring (bicyclic) bond motifs is 1. The summed E-state index contributed by atoms with van der Waals surface area (Å²) in [4.78, 5) is 24.8. The van der Waals surface area contributed by atoms with Crippen LogP contribution >= 0.6 is 0 Å². The van der Waals surface area contributed by atoms with Crippen LogP contribution in [0.15, 0.2) is 60.7 Å². The summed E-state index contributed by atoms with van der Waals surface area (Å²) in [6, 6.07) is 17.7. The predicted molar refractivity (Wildman–Crippen MR) is 119 cm³/mol. The molecule has 0 bridgehead atoms. The highest BCUT2D eigenvalue weighted by Crippen LogP contribution is 2.30. The second-order valence-corrected chi connectivity index (χ2v) is 8.41. The SMILES string of the molecule is COc1c(C(=O)Nc2cccc(NC(=O)CCCS(=O)(=O)O)c2)ccc2ccccc12. The Balaban J connectivity index is 1.70. The molecule has 0 aliphatic carbocycles. The van der Waals surface area contributed by atoms with Crippen LogP contribution in [0, 0.1) is 0 Å². The molecular formula is C22H22N2O6S. The molecule has 0 fully saturated rings. The van der Waals surface area contributed by atoms with E-state index in [1.54, 1.807) is 30.3 Å². The first-order valence-electron chi connectivity index (χ1n) is 9.49. The van der Waals surface area contributed by atoms with Gasteiger partial charge in [0.05, 0.1) is 18.4 Å². The van der Waals surface area contributed by atoms with Gasteiger partial charge in [-0.25, -0.2) is 0 Å². The first-order valence-corrected chi connectivity index (χ1v) is 11.1. The second kappa shape index (κ2) is 9.59. The smallest absolute Gasteiger partial charge is 0.264 e. The minimum absolute atomic E-state index is 0.00283. The molecule has 3 aromatic carbocycles. The normalized spacial score (nSPS) is 11.2. The van der Waals surface area contributed by atoms with Crippen LogP contribution in [0.25, 0.3) is 10.8 Å². The zero-order valence-electron chi connectivity index (χ0n) is 16.8. The number of nitrogens with one attached hydrogen (secondary N) is 2. The van der Waals surface area contributed by atoms with Crippen LogP contribution in [0.4, 0.5) is 11.4 Å². The van der Waals surface area contributed by atoms with Crippen LogP contribution < -0.4 is 15.4 Å². The van der Waals surface area contributed by atoms with Gasteiger partial charge in [0.25, 0.3) is 16.0 Å². The van der Waals surface area contributed by atoms with Crippen molar-refractivity contribution in [2.24, 2.45) is 0 Å². The highest BCUT2D eigenvalue weighted by Gasteiger charge is 2.16. The fourth-order valence-corrected chi connectivity index (χ4v) is 3.66. The van der Waals surface area contributed by atoms with E-state index in [0.717, 1.165) is 10.8 Å². The fourth-order valence-electron chi connectivity index (χ4n) is 3.15. The molecule has 0 saturated heterocycles. The van der Waals surface area contributed by atoms with E-state index in [9.17, 15) is 18.0 Å². The van der Waals surface area contributed by atoms with E-state index in [4.69, 9.17) is 9.29 Å². The molecule has 3 N–H and O–H groups in total. The minimum atomic E-state index is -4.10. The molecule has 0 spiro atoms. The van der Waals surface area contributed by atoms with Crippen LogP contribution in [-0.2, 0) is 14.9 Å². The predicted octanol–water partition coefficient (Wildman–Crippen LogP) is 3.71. The summed E-state index contributed by atoms with van der Waals surface area (Å²) in [5.74, 6) is -0.772. The molecule has 0 aliphatic heterocycles. The topological polar surface area (TPSA) is 122 Å². The van der Waals surface area contributed by atoms with Crippen molar-refractivity contribution >= 4 is 44.1 Å². The quantitative estimate of drug-likeness (QED) is 0.457. The Bertz CT molecular complexity index is 1220. The first-order chi connectivity index (χ1) is 14.8. The molecule has 3 rings (SSSR count). The molecule has 162 valence electrons. The standard InChI is InChI=1S/C22H22N2O6S/c1-30-21-18-9-3-2-6-15(18)11-12-19(21)22(26)24-17-8-4-7-16(14-17)23-20(25)10-5-13-31(27,28)29/h2-4,6-9,11-12,14H,5,10,13H2,1H3,(H,23,25)(H,24,26)(H,27,28,29). The molecule has 0 heterocycles. The Morgan fingerprint density at radius 1 is 0.968 bits per heavy atom. The van der Waals surface area contributed by atoms with Gasteiger partial charge in [-0.2, -0.15) is 8.42 Å². The maximum absolute atomic E-state index is 12.8. The number of ether oxygens (including phenoxy) is 1. The molecule has 0 unspecified atom stereocenters. The number of carbonyl (C=O) groups excluding carboxylic acids is 2. The third-order valence-electron chi connectivity index (χ3n) is 4.54. The molecule has 0 saturated carbocycles. The van der Waals surface area contributed by atoms with Crippen molar-refractivity contribution < 1.29 is 27.3 Å². The zero-order valence-corrected chi connectivity index (χ0v) is 17.6. The van der Waals surface area contributed by atoms with Gasteiger partial charge in [0, 0.05) is 23.2 Å². The average Bonchev–Trinajstić information content (AvgIpc) is 2.72. The van der Waals surface area contributed by atoms with Crippen molar-refractivity contribution in [2.45, 2.75) is 12.8 Å². The molecule has 3 aromatic rings. The van der Waals surface area contributed by atoms with E-state index in [2.05, 4.69) is 10.6 Å². The van der Waals surface area contributed by atoms with Crippen LogP contribution in [0.1, 0.15) is 23.2 Å². The Kier molecular flexibility index (Phi) is 6.88. The van der Waals surface area contributed by atoms with Gasteiger partial charge in [-0.1, -0.05) is 36.4 Å². The number of hydrogen-bond donors (Lipinski definition) is 3. The molecule has 0 radical (unpaired) electrons. The van der Waals surface area contributed by atoms with Gasteiger partial charge < -0.3 is 15.4 Å². The maximum atomic E-state index is 12.8. The number of carbonyl (C=O) groups is 2. The van der Waals surface area contributed by atoms with E-state index in [1.165, 1.54) is 7.11 Å². The Hall–Kier alpha value is -3.43. The number of benzene rings is 3. The van der Waals surface area contributed by atoms with Gasteiger partial charge in [-0.15, -0.1) is 0 Å². The van der Waals surface area contributed by atoms with E-state index >= 15 is 0 Å². The summed E-state index contributed by atoms with van der Waals surface area (Å²) in [7, 11) is -2.59. The average molecular weight is 442 g/mol. The highest BCUT2D eigenvalue weighted by atomic mass is 32.2. The third-order valence-corrected chi connectivity index (χ3v) is 5.34. The van der Waals surface area contributed by atoms with Crippen LogP contribution in [0.5, 0.6) is 5.75 Å². The number of rotatable bonds is 8. The fraction of sp³-hybridized carbons (Fsp3) is 0.182. The Morgan fingerprint density at radius 2 is 1.68 bits per heavy atom. The maximum Gasteiger partial charge on any atom is 0.264 e.